The van der Waals surface area contributed by atoms with Crippen LogP contribution in [0, 0.1) is 0 Å². The van der Waals surface area contributed by atoms with Gasteiger partial charge < -0.3 is 14.2 Å². The Balaban J connectivity index is 4.21. The zero-order valence-corrected chi connectivity index (χ0v) is 37.9. The van der Waals surface area contributed by atoms with Crippen molar-refractivity contribution in [1.29, 1.82) is 0 Å². The predicted octanol–water partition coefficient (Wildman–Crippen LogP) is 16.0. The summed E-state index contributed by atoms with van der Waals surface area (Å²) < 4.78 is 16.7. The minimum Gasteiger partial charge on any atom is -0.462 e. The molecule has 6 nitrogen and oxygen atoms in total. The molecule has 0 spiro atoms. The molecule has 0 fully saturated rings. The van der Waals surface area contributed by atoms with E-state index in [0.717, 1.165) is 57.8 Å². The molecule has 0 aliphatic rings. The summed E-state index contributed by atoms with van der Waals surface area (Å²) in [4.78, 5) is 37.7. The molecule has 0 aromatic carbocycles. The number of hydrogen-bond acceptors (Lipinski definition) is 6. The summed E-state index contributed by atoms with van der Waals surface area (Å²) in [6, 6.07) is 0. The number of hydrogen-bond donors (Lipinski definition) is 0. The molecular formula is C50H96O6. The van der Waals surface area contributed by atoms with Crippen molar-refractivity contribution in [3.8, 4) is 0 Å². The number of ether oxygens (including phenoxy) is 3. The maximum Gasteiger partial charge on any atom is 0.306 e. The van der Waals surface area contributed by atoms with Crippen LogP contribution in [0.15, 0.2) is 0 Å². The van der Waals surface area contributed by atoms with Crippen LogP contribution in [0.3, 0.4) is 0 Å². The highest BCUT2D eigenvalue weighted by molar-refractivity contribution is 5.71. The molecule has 0 radical (unpaired) electrons. The van der Waals surface area contributed by atoms with Gasteiger partial charge in [-0.3, -0.25) is 14.4 Å². The van der Waals surface area contributed by atoms with Crippen LogP contribution < -0.4 is 0 Å². The monoisotopic (exact) mass is 793 g/mol. The van der Waals surface area contributed by atoms with Gasteiger partial charge >= 0.3 is 17.9 Å². The van der Waals surface area contributed by atoms with E-state index in [4.69, 9.17) is 14.2 Å². The number of esters is 3. The van der Waals surface area contributed by atoms with E-state index in [9.17, 15) is 14.4 Å². The Labute approximate surface area is 348 Å². The average Bonchev–Trinajstić information content (AvgIpc) is 3.19. The highest BCUT2D eigenvalue weighted by Crippen LogP contribution is 2.16. The first-order valence-corrected chi connectivity index (χ1v) is 25.0. The van der Waals surface area contributed by atoms with Crippen LogP contribution in [0.1, 0.15) is 284 Å². The SMILES string of the molecule is CCCCCCCCCCCCCCCCCCC(=O)OC[C@@H](COC(=O)CCCCCCCCC)OC(=O)CCCCCCCCCCCCCCCCC. The van der Waals surface area contributed by atoms with Crippen LogP contribution in [0.5, 0.6) is 0 Å². The Bertz CT molecular complexity index is 828. The second kappa shape index (κ2) is 46.1. The topological polar surface area (TPSA) is 78.9 Å². The fourth-order valence-electron chi connectivity index (χ4n) is 7.56. The largest absolute Gasteiger partial charge is 0.462 e. The minimum absolute atomic E-state index is 0.0625. The maximum absolute atomic E-state index is 12.7. The first kappa shape index (κ1) is 54.4. The van der Waals surface area contributed by atoms with Crippen LogP contribution in [-0.4, -0.2) is 37.2 Å². The summed E-state index contributed by atoms with van der Waals surface area (Å²) in [6.45, 7) is 6.64. The molecular weight excluding hydrogens is 697 g/mol. The van der Waals surface area contributed by atoms with E-state index in [0.29, 0.717) is 19.3 Å². The standard InChI is InChI=1S/C50H96O6/c1-4-7-10-13-16-18-20-22-24-26-27-29-31-34-37-40-43-49(52)55-46-47(45-54-48(51)42-39-36-33-15-12-9-6-3)56-50(53)44-41-38-35-32-30-28-25-23-21-19-17-14-11-8-5-2/h47H,4-46H2,1-3H3/t47-/m1/s1. The van der Waals surface area contributed by atoms with Crippen molar-refractivity contribution >= 4 is 17.9 Å². The molecule has 0 amide bonds. The van der Waals surface area contributed by atoms with E-state index in [2.05, 4.69) is 20.8 Å². The zero-order chi connectivity index (χ0) is 40.8. The second-order valence-corrected chi connectivity index (χ2v) is 17.1. The van der Waals surface area contributed by atoms with Crippen molar-refractivity contribution < 1.29 is 28.6 Å². The first-order chi connectivity index (χ1) is 27.5. The molecule has 0 aromatic heterocycles. The lowest BCUT2D eigenvalue weighted by Gasteiger charge is -2.18. The zero-order valence-electron chi connectivity index (χ0n) is 37.9. The average molecular weight is 793 g/mol. The van der Waals surface area contributed by atoms with Crippen molar-refractivity contribution in [3.05, 3.63) is 0 Å². The third kappa shape index (κ3) is 43.5. The Morgan fingerprint density at radius 1 is 0.286 bits per heavy atom. The molecule has 0 saturated carbocycles. The van der Waals surface area contributed by atoms with Gasteiger partial charge in [-0.2, -0.15) is 0 Å². The first-order valence-electron chi connectivity index (χ1n) is 25.0. The van der Waals surface area contributed by atoms with Crippen molar-refractivity contribution in [2.75, 3.05) is 13.2 Å². The van der Waals surface area contributed by atoms with Crippen LogP contribution in [0.4, 0.5) is 0 Å². The minimum atomic E-state index is -0.758. The van der Waals surface area contributed by atoms with Gasteiger partial charge in [0.25, 0.3) is 0 Å². The van der Waals surface area contributed by atoms with Gasteiger partial charge in [0.2, 0.25) is 0 Å². The van der Waals surface area contributed by atoms with E-state index in [1.54, 1.807) is 0 Å². The number of unbranched alkanes of at least 4 members (excludes halogenated alkanes) is 35. The normalized spacial score (nSPS) is 11.8. The van der Waals surface area contributed by atoms with Gasteiger partial charge in [0.1, 0.15) is 13.2 Å². The molecule has 0 bridgehead atoms. The summed E-state index contributed by atoms with van der Waals surface area (Å²) in [5, 5.41) is 0. The third-order valence-corrected chi connectivity index (χ3v) is 11.4. The molecule has 0 aromatic rings. The summed E-state index contributed by atoms with van der Waals surface area (Å²) in [7, 11) is 0. The molecule has 0 heterocycles. The number of carbonyl (C=O) groups excluding carboxylic acids is 3. The highest BCUT2D eigenvalue weighted by atomic mass is 16.6. The van der Waals surface area contributed by atoms with E-state index >= 15 is 0 Å². The summed E-state index contributed by atoms with van der Waals surface area (Å²) in [5.41, 5.74) is 0. The molecule has 56 heavy (non-hydrogen) atoms. The molecule has 0 aliphatic carbocycles. The van der Waals surface area contributed by atoms with Crippen molar-refractivity contribution in [2.45, 2.75) is 290 Å². The lowest BCUT2D eigenvalue weighted by molar-refractivity contribution is -0.167. The molecule has 0 aliphatic heterocycles. The quantitative estimate of drug-likeness (QED) is 0.0347. The summed E-state index contributed by atoms with van der Waals surface area (Å²) >= 11 is 0. The molecule has 0 rings (SSSR count). The molecule has 0 unspecified atom stereocenters. The van der Waals surface area contributed by atoms with E-state index in [1.165, 1.54) is 186 Å². The van der Waals surface area contributed by atoms with Crippen molar-refractivity contribution in [1.82, 2.24) is 0 Å². The number of carbonyl (C=O) groups is 3. The maximum atomic E-state index is 12.7. The van der Waals surface area contributed by atoms with Gasteiger partial charge in [-0.05, 0) is 19.3 Å². The summed E-state index contributed by atoms with van der Waals surface area (Å²) in [6.07, 6.45) is 48.1. The molecule has 1 atom stereocenters. The highest BCUT2D eigenvalue weighted by Gasteiger charge is 2.19. The Morgan fingerprint density at radius 2 is 0.482 bits per heavy atom. The lowest BCUT2D eigenvalue weighted by atomic mass is 10.0. The smallest absolute Gasteiger partial charge is 0.306 e. The van der Waals surface area contributed by atoms with E-state index in [-0.39, 0.29) is 31.1 Å². The van der Waals surface area contributed by atoms with Gasteiger partial charge in [-0.25, -0.2) is 0 Å². The van der Waals surface area contributed by atoms with Crippen LogP contribution in [-0.2, 0) is 28.6 Å². The van der Waals surface area contributed by atoms with Gasteiger partial charge in [0.15, 0.2) is 6.10 Å². The second-order valence-electron chi connectivity index (χ2n) is 17.1. The number of rotatable bonds is 46. The molecule has 0 N–H and O–H groups in total. The fraction of sp³-hybridized carbons (Fsp3) is 0.940. The van der Waals surface area contributed by atoms with Crippen LogP contribution in [0.25, 0.3) is 0 Å². The van der Waals surface area contributed by atoms with Gasteiger partial charge in [0.05, 0.1) is 0 Å². The van der Waals surface area contributed by atoms with Gasteiger partial charge in [-0.15, -0.1) is 0 Å². The molecule has 6 heteroatoms. The van der Waals surface area contributed by atoms with Crippen LogP contribution in [0.2, 0.25) is 0 Å². The Hall–Kier alpha value is -1.59. The molecule has 332 valence electrons. The Kier molecular flexibility index (Phi) is 44.8. The van der Waals surface area contributed by atoms with Crippen LogP contribution >= 0.6 is 0 Å². The fourth-order valence-corrected chi connectivity index (χ4v) is 7.56. The van der Waals surface area contributed by atoms with Gasteiger partial charge in [-0.1, -0.05) is 245 Å². The van der Waals surface area contributed by atoms with E-state index < -0.39 is 6.10 Å². The Morgan fingerprint density at radius 3 is 0.714 bits per heavy atom. The van der Waals surface area contributed by atoms with E-state index in [1.807, 2.05) is 0 Å². The predicted molar refractivity (Wildman–Crippen MR) is 238 cm³/mol. The van der Waals surface area contributed by atoms with Gasteiger partial charge in [0, 0.05) is 19.3 Å². The van der Waals surface area contributed by atoms with Crippen molar-refractivity contribution in [3.63, 3.8) is 0 Å². The third-order valence-electron chi connectivity index (χ3n) is 11.4. The van der Waals surface area contributed by atoms with Crippen molar-refractivity contribution in [2.24, 2.45) is 0 Å². The molecule has 0 saturated heterocycles. The summed E-state index contributed by atoms with van der Waals surface area (Å²) in [5.74, 6) is -0.851. The lowest BCUT2D eigenvalue weighted by Crippen LogP contribution is -2.30.